The van der Waals surface area contributed by atoms with Crippen molar-refractivity contribution in [3.63, 3.8) is 0 Å². The highest BCUT2D eigenvalue weighted by molar-refractivity contribution is 7.92. The van der Waals surface area contributed by atoms with Gasteiger partial charge in [0.05, 0.1) is 11.9 Å². The molecule has 0 heterocycles. The summed E-state index contributed by atoms with van der Waals surface area (Å²) in [6.07, 6.45) is 1.60. The van der Waals surface area contributed by atoms with Crippen molar-refractivity contribution >= 4 is 32.8 Å². The average molecular weight is 371 g/mol. The molecule has 0 spiro atoms. The number of sulfonamides is 1. The van der Waals surface area contributed by atoms with E-state index in [1.165, 1.54) is 12.1 Å². The van der Waals surface area contributed by atoms with Crippen LogP contribution >= 0.6 is 12.2 Å². The Morgan fingerprint density at radius 1 is 1.17 bits per heavy atom. The van der Waals surface area contributed by atoms with E-state index in [1.807, 2.05) is 6.92 Å². The van der Waals surface area contributed by atoms with Gasteiger partial charge in [0.15, 0.2) is 17.3 Å². The van der Waals surface area contributed by atoms with Crippen molar-refractivity contribution in [1.29, 1.82) is 0 Å². The molecule has 8 heteroatoms. The monoisotopic (exact) mass is 371 g/mol. The molecule has 0 aliphatic carbocycles. The number of halogens is 2. The molecule has 0 radical (unpaired) electrons. The van der Waals surface area contributed by atoms with Crippen molar-refractivity contribution in [2.75, 3.05) is 11.0 Å². The number of rotatable bonds is 6. The van der Waals surface area contributed by atoms with Gasteiger partial charge in [-0.25, -0.2) is 17.2 Å². The molecule has 0 saturated heterocycles. The summed E-state index contributed by atoms with van der Waals surface area (Å²) in [5.41, 5.74) is 0.785. The maximum Gasteiger partial charge on any atom is 0.229 e. The lowest BCUT2D eigenvalue weighted by Crippen LogP contribution is -2.11. The van der Waals surface area contributed by atoms with Gasteiger partial charge in [0.1, 0.15) is 5.82 Å². The van der Waals surface area contributed by atoms with Gasteiger partial charge in [0, 0.05) is 10.9 Å². The summed E-state index contributed by atoms with van der Waals surface area (Å²) in [4.78, 5) is 0.644. The Bertz CT molecular complexity index is 883. The van der Waals surface area contributed by atoms with Crippen LogP contribution in [-0.4, -0.2) is 19.5 Å². The standard InChI is InChI=1S/C16H15F2NO3S2/c1-3-16(23)10-4-6-13(19-24(2,20)21)15(8-10)22-14-7-5-11(17)9-12(14)18/h4-9,19H,3H2,1-2H3. The van der Waals surface area contributed by atoms with Crippen molar-refractivity contribution in [1.82, 2.24) is 0 Å². The highest BCUT2D eigenvalue weighted by Crippen LogP contribution is 2.33. The molecule has 0 aliphatic rings. The van der Waals surface area contributed by atoms with E-state index < -0.39 is 21.7 Å². The highest BCUT2D eigenvalue weighted by Gasteiger charge is 2.14. The largest absolute Gasteiger partial charge is 0.452 e. The molecular formula is C16H15F2NO3S2. The molecule has 2 rings (SSSR count). The molecule has 0 aromatic heterocycles. The summed E-state index contributed by atoms with van der Waals surface area (Å²) in [7, 11) is -3.56. The number of ether oxygens (including phenoxy) is 1. The number of benzene rings is 2. The summed E-state index contributed by atoms with van der Waals surface area (Å²) in [5.74, 6) is -1.80. The molecule has 0 fully saturated rings. The van der Waals surface area contributed by atoms with Gasteiger partial charge in [0.2, 0.25) is 10.0 Å². The van der Waals surface area contributed by atoms with Crippen LogP contribution in [0.1, 0.15) is 18.9 Å². The number of hydrogen-bond acceptors (Lipinski definition) is 4. The van der Waals surface area contributed by atoms with Crippen molar-refractivity contribution < 1.29 is 21.9 Å². The number of anilines is 1. The maximum absolute atomic E-state index is 13.8. The summed E-state index contributed by atoms with van der Waals surface area (Å²) >= 11 is 5.22. The second-order valence-corrected chi connectivity index (χ2v) is 7.28. The molecule has 0 bridgehead atoms. The second kappa shape index (κ2) is 7.23. The predicted octanol–water partition coefficient (Wildman–Crippen LogP) is 4.26. The third kappa shape index (κ3) is 4.72. The van der Waals surface area contributed by atoms with Gasteiger partial charge in [-0.3, -0.25) is 4.72 Å². The Morgan fingerprint density at radius 3 is 2.46 bits per heavy atom. The molecule has 4 nitrogen and oxygen atoms in total. The summed E-state index contributed by atoms with van der Waals surface area (Å²) in [6.45, 7) is 1.88. The molecule has 2 aromatic carbocycles. The van der Waals surface area contributed by atoms with Crippen LogP contribution < -0.4 is 9.46 Å². The highest BCUT2D eigenvalue weighted by atomic mass is 32.2. The summed E-state index contributed by atoms with van der Waals surface area (Å²) in [5, 5.41) is 0. The van der Waals surface area contributed by atoms with Crippen LogP contribution in [0.5, 0.6) is 11.5 Å². The third-order valence-electron chi connectivity index (χ3n) is 3.03. The van der Waals surface area contributed by atoms with Crippen LogP contribution in [0.4, 0.5) is 14.5 Å². The number of hydrogen-bond donors (Lipinski definition) is 1. The Morgan fingerprint density at radius 2 is 1.88 bits per heavy atom. The minimum absolute atomic E-state index is 0.0687. The van der Waals surface area contributed by atoms with Crippen LogP contribution in [0.15, 0.2) is 36.4 Å². The van der Waals surface area contributed by atoms with E-state index in [4.69, 9.17) is 17.0 Å². The van der Waals surface area contributed by atoms with Crippen molar-refractivity contribution in [3.8, 4) is 11.5 Å². The first-order valence-electron chi connectivity index (χ1n) is 6.97. The molecule has 0 amide bonds. The molecule has 2 aromatic rings. The Balaban J connectivity index is 2.48. The van der Waals surface area contributed by atoms with Gasteiger partial charge in [-0.1, -0.05) is 25.2 Å². The van der Waals surface area contributed by atoms with Crippen LogP contribution in [-0.2, 0) is 10.0 Å². The zero-order valence-electron chi connectivity index (χ0n) is 13.0. The minimum Gasteiger partial charge on any atom is -0.452 e. The summed E-state index contributed by atoms with van der Waals surface area (Å²) in [6, 6.07) is 7.49. The van der Waals surface area contributed by atoms with Gasteiger partial charge in [-0.05, 0) is 36.2 Å². The third-order valence-corrected chi connectivity index (χ3v) is 4.15. The molecule has 0 unspecified atom stereocenters. The fourth-order valence-corrected chi connectivity index (χ4v) is 2.64. The molecule has 1 N–H and O–H groups in total. The van der Waals surface area contributed by atoms with Crippen LogP contribution in [0.2, 0.25) is 0 Å². The Labute approximate surface area is 144 Å². The zero-order valence-corrected chi connectivity index (χ0v) is 14.6. The van der Waals surface area contributed by atoms with E-state index in [9.17, 15) is 17.2 Å². The zero-order chi connectivity index (χ0) is 17.9. The van der Waals surface area contributed by atoms with Crippen molar-refractivity contribution in [2.45, 2.75) is 13.3 Å². The second-order valence-electron chi connectivity index (χ2n) is 5.04. The average Bonchev–Trinajstić information content (AvgIpc) is 2.49. The van der Waals surface area contributed by atoms with Crippen LogP contribution in [0.25, 0.3) is 0 Å². The van der Waals surface area contributed by atoms with Gasteiger partial charge >= 0.3 is 0 Å². The minimum atomic E-state index is -3.56. The normalized spacial score (nSPS) is 11.2. The van der Waals surface area contributed by atoms with Gasteiger partial charge in [0.25, 0.3) is 0 Å². The van der Waals surface area contributed by atoms with E-state index in [2.05, 4.69) is 4.72 Å². The molecule has 24 heavy (non-hydrogen) atoms. The lowest BCUT2D eigenvalue weighted by Gasteiger charge is -2.14. The van der Waals surface area contributed by atoms with Crippen LogP contribution in [0.3, 0.4) is 0 Å². The first-order chi connectivity index (χ1) is 11.2. The molecule has 0 atom stereocenters. The van der Waals surface area contributed by atoms with E-state index in [0.29, 0.717) is 22.9 Å². The smallest absolute Gasteiger partial charge is 0.229 e. The molecule has 0 aliphatic heterocycles. The first-order valence-corrected chi connectivity index (χ1v) is 9.27. The Hall–Kier alpha value is -2.06. The first kappa shape index (κ1) is 18.3. The van der Waals surface area contributed by atoms with E-state index >= 15 is 0 Å². The SMILES string of the molecule is CCC(=S)c1ccc(NS(C)(=O)=O)c(Oc2ccc(F)cc2F)c1. The van der Waals surface area contributed by atoms with E-state index in [1.54, 1.807) is 6.07 Å². The predicted molar refractivity (Wildman–Crippen MR) is 93.3 cm³/mol. The van der Waals surface area contributed by atoms with Crippen LogP contribution in [0, 0.1) is 11.6 Å². The number of nitrogens with one attached hydrogen (secondary N) is 1. The molecule has 128 valence electrons. The topological polar surface area (TPSA) is 55.4 Å². The fraction of sp³-hybridized carbons (Fsp3) is 0.188. The fourth-order valence-electron chi connectivity index (χ4n) is 1.94. The van der Waals surface area contributed by atoms with Crippen molar-refractivity contribution in [2.24, 2.45) is 0 Å². The molecule has 0 saturated carbocycles. The lowest BCUT2D eigenvalue weighted by atomic mass is 10.1. The quantitative estimate of drug-likeness (QED) is 0.609. The summed E-state index contributed by atoms with van der Waals surface area (Å²) < 4.78 is 57.5. The lowest BCUT2D eigenvalue weighted by molar-refractivity contribution is 0.439. The Kier molecular flexibility index (Phi) is 5.51. The molecular weight excluding hydrogens is 356 g/mol. The van der Waals surface area contributed by atoms with E-state index in [0.717, 1.165) is 18.4 Å². The van der Waals surface area contributed by atoms with Gasteiger partial charge in [-0.15, -0.1) is 0 Å². The van der Waals surface area contributed by atoms with Crippen molar-refractivity contribution in [3.05, 3.63) is 53.6 Å². The van der Waals surface area contributed by atoms with Gasteiger partial charge < -0.3 is 4.74 Å². The van der Waals surface area contributed by atoms with E-state index in [-0.39, 0.29) is 17.2 Å². The van der Waals surface area contributed by atoms with Gasteiger partial charge in [-0.2, -0.15) is 0 Å². The number of thiocarbonyl (C=S) groups is 1. The maximum atomic E-state index is 13.8.